The van der Waals surface area contributed by atoms with Gasteiger partial charge in [-0.2, -0.15) is 5.48 Å². The van der Waals surface area contributed by atoms with Gasteiger partial charge in [0.05, 0.1) is 0 Å². The highest BCUT2D eigenvalue weighted by Gasteiger charge is 2.10. The number of ketones is 1. The first-order chi connectivity index (χ1) is 11.0. The van der Waals surface area contributed by atoms with E-state index in [-0.39, 0.29) is 11.7 Å². The standard InChI is InChI=1S/C19H21NO3/c1-13-11-16(10-9-15(3)21)12-14(2)18(13)23-20-19(22)17-7-5-4-6-8-17/h4-8,11-12H,9-10H2,1-3H3,(H,20,22). The first kappa shape index (κ1) is 16.7. The smallest absolute Gasteiger partial charge is 0.283 e. The highest BCUT2D eigenvalue weighted by atomic mass is 16.7. The van der Waals surface area contributed by atoms with Crippen LogP contribution in [0.15, 0.2) is 42.5 Å². The second-order valence-electron chi connectivity index (χ2n) is 5.66. The maximum atomic E-state index is 12.0. The van der Waals surface area contributed by atoms with Crippen LogP contribution in [0.2, 0.25) is 0 Å². The van der Waals surface area contributed by atoms with Crippen molar-refractivity contribution >= 4 is 11.7 Å². The monoisotopic (exact) mass is 311 g/mol. The number of carbonyl (C=O) groups excluding carboxylic acids is 2. The molecule has 4 heteroatoms. The molecule has 2 rings (SSSR count). The molecule has 0 unspecified atom stereocenters. The van der Waals surface area contributed by atoms with Crippen molar-refractivity contribution in [1.82, 2.24) is 5.48 Å². The molecule has 0 radical (unpaired) electrons. The van der Waals surface area contributed by atoms with Gasteiger partial charge in [0, 0.05) is 12.0 Å². The summed E-state index contributed by atoms with van der Waals surface area (Å²) in [6, 6.07) is 12.9. The molecule has 1 amide bonds. The van der Waals surface area contributed by atoms with Gasteiger partial charge in [-0.3, -0.25) is 4.79 Å². The van der Waals surface area contributed by atoms with Gasteiger partial charge in [0.15, 0.2) is 5.75 Å². The van der Waals surface area contributed by atoms with Crippen molar-refractivity contribution in [3.63, 3.8) is 0 Å². The van der Waals surface area contributed by atoms with Gasteiger partial charge in [0.2, 0.25) is 0 Å². The van der Waals surface area contributed by atoms with E-state index < -0.39 is 0 Å². The number of Topliss-reactive ketones (excluding diaryl/α,β-unsaturated/α-hetero) is 1. The first-order valence-electron chi connectivity index (χ1n) is 7.59. The zero-order valence-electron chi connectivity index (χ0n) is 13.7. The summed E-state index contributed by atoms with van der Waals surface area (Å²) < 4.78 is 0. The second kappa shape index (κ2) is 7.58. The quantitative estimate of drug-likeness (QED) is 0.830. The first-order valence-corrected chi connectivity index (χ1v) is 7.59. The van der Waals surface area contributed by atoms with E-state index in [4.69, 9.17) is 4.84 Å². The predicted molar refractivity (Wildman–Crippen MR) is 89.5 cm³/mol. The summed E-state index contributed by atoms with van der Waals surface area (Å²) in [5.41, 5.74) is 5.97. The summed E-state index contributed by atoms with van der Waals surface area (Å²) >= 11 is 0. The van der Waals surface area contributed by atoms with Crippen molar-refractivity contribution in [2.24, 2.45) is 0 Å². The molecule has 0 aromatic heterocycles. The second-order valence-corrected chi connectivity index (χ2v) is 5.66. The van der Waals surface area contributed by atoms with Crippen LogP contribution in [0.1, 0.15) is 40.4 Å². The molecule has 0 bridgehead atoms. The number of amides is 1. The van der Waals surface area contributed by atoms with Gasteiger partial charge in [-0.25, -0.2) is 0 Å². The van der Waals surface area contributed by atoms with Crippen LogP contribution in [0.3, 0.4) is 0 Å². The van der Waals surface area contributed by atoms with Crippen molar-refractivity contribution in [1.29, 1.82) is 0 Å². The molecular formula is C19H21NO3. The van der Waals surface area contributed by atoms with Crippen LogP contribution in [0.4, 0.5) is 0 Å². The van der Waals surface area contributed by atoms with E-state index in [0.29, 0.717) is 24.2 Å². The Bertz CT molecular complexity index is 685. The summed E-state index contributed by atoms with van der Waals surface area (Å²) in [6.45, 7) is 5.44. The largest absolute Gasteiger partial charge is 0.379 e. The van der Waals surface area contributed by atoms with E-state index in [1.54, 1.807) is 31.2 Å². The minimum Gasteiger partial charge on any atom is -0.379 e. The fourth-order valence-electron chi connectivity index (χ4n) is 2.41. The number of benzene rings is 2. The molecule has 0 aliphatic rings. The highest BCUT2D eigenvalue weighted by molar-refractivity contribution is 5.93. The number of hydrogen-bond acceptors (Lipinski definition) is 3. The summed E-state index contributed by atoms with van der Waals surface area (Å²) in [5, 5.41) is 0. The summed E-state index contributed by atoms with van der Waals surface area (Å²) in [5.74, 6) is 0.529. The van der Waals surface area contributed by atoms with Crippen LogP contribution in [0.25, 0.3) is 0 Å². The van der Waals surface area contributed by atoms with Gasteiger partial charge in [0.1, 0.15) is 5.78 Å². The zero-order chi connectivity index (χ0) is 16.8. The number of carbonyl (C=O) groups is 2. The molecule has 0 saturated heterocycles. The molecule has 0 fully saturated rings. The Morgan fingerprint density at radius 2 is 1.65 bits per heavy atom. The topological polar surface area (TPSA) is 55.4 Å². The third-order valence-corrected chi connectivity index (χ3v) is 3.57. The van der Waals surface area contributed by atoms with Gasteiger partial charge >= 0.3 is 0 Å². The van der Waals surface area contributed by atoms with Crippen LogP contribution in [-0.2, 0) is 11.2 Å². The van der Waals surface area contributed by atoms with Crippen LogP contribution in [-0.4, -0.2) is 11.7 Å². The van der Waals surface area contributed by atoms with Crippen LogP contribution in [0.5, 0.6) is 5.75 Å². The van der Waals surface area contributed by atoms with Gasteiger partial charge in [-0.05, 0) is 56.0 Å². The van der Waals surface area contributed by atoms with E-state index in [1.807, 2.05) is 32.0 Å². The molecule has 0 saturated carbocycles. The van der Waals surface area contributed by atoms with Crippen molar-refractivity contribution in [3.05, 3.63) is 64.7 Å². The Hall–Kier alpha value is -2.62. The fourth-order valence-corrected chi connectivity index (χ4v) is 2.41. The lowest BCUT2D eigenvalue weighted by molar-refractivity contribution is -0.116. The molecule has 0 aliphatic carbocycles. The molecule has 0 heterocycles. The Morgan fingerprint density at radius 3 is 2.22 bits per heavy atom. The van der Waals surface area contributed by atoms with Crippen molar-refractivity contribution in [2.45, 2.75) is 33.6 Å². The molecule has 4 nitrogen and oxygen atoms in total. The molecule has 0 aliphatic heterocycles. The lowest BCUT2D eigenvalue weighted by Gasteiger charge is -2.14. The van der Waals surface area contributed by atoms with E-state index in [9.17, 15) is 9.59 Å². The number of hydrogen-bond donors (Lipinski definition) is 1. The lowest BCUT2D eigenvalue weighted by atomic mass is 10.0. The van der Waals surface area contributed by atoms with Crippen LogP contribution >= 0.6 is 0 Å². The Kier molecular flexibility index (Phi) is 5.52. The Labute approximate surface area is 136 Å². The number of aryl methyl sites for hydroxylation is 3. The van der Waals surface area contributed by atoms with E-state index in [1.165, 1.54) is 0 Å². The molecule has 0 atom stereocenters. The van der Waals surface area contributed by atoms with Gasteiger partial charge in [0.25, 0.3) is 5.91 Å². The maximum Gasteiger partial charge on any atom is 0.283 e. The maximum absolute atomic E-state index is 12.0. The average Bonchev–Trinajstić information content (AvgIpc) is 2.52. The molecular weight excluding hydrogens is 290 g/mol. The summed E-state index contributed by atoms with van der Waals surface area (Å²) in [6.07, 6.45) is 1.25. The number of hydroxylamine groups is 1. The predicted octanol–water partition coefficient (Wildman–Crippen LogP) is 3.55. The fraction of sp³-hybridized carbons (Fsp3) is 0.263. The summed E-state index contributed by atoms with van der Waals surface area (Å²) in [7, 11) is 0. The van der Waals surface area contributed by atoms with Gasteiger partial charge in [-0.15, -0.1) is 0 Å². The lowest BCUT2D eigenvalue weighted by Crippen LogP contribution is -2.27. The molecule has 2 aromatic carbocycles. The number of nitrogens with one attached hydrogen (secondary N) is 1. The molecule has 0 spiro atoms. The highest BCUT2D eigenvalue weighted by Crippen LogP contribution is 2.25. The van der Waals surface area contributed by atoms with Gasteiger partial charge in [-0.1, -0.05) is 30.3 Å². The normalized spacial score (nSPS) is 10.2. The minimum absolute atomic E-state index is 0.177. The minimum atomic E-state index is -0.287. The van der Waals surface area contributed by atoms with Crippen molar-refractivity contribution in [3.8, 4) is 5.75 Å². The van der Waals surface area contributed by atoms with Crippen molar-refractivity contribution in [2.75, 3.05) is 0 Å². The number of rotatable bonds is 6. The van der Waals surface area contributed by atoms with Gasteiger partial charge < -0.3 is 9.63 Å². The Balaban J connectivity index is 2.05. The molecule has 1 N–H and O–H groups in total. The average molecular weight is 311 g/mol. The molecule has 120 valence electrons. The third kappa shape index (κ3) is 4.68. The Morgan fingerprint density at radius 1 is 1.04 bits per heavy atom. The van der Waals surface area contributed by atoms with Crippen LogP contribution in [0, 0.1) is 13.8 Å². The molecule has 2 aromatic rings. The van der Waals surface area contributed by atoms with Crippen LogP contribution < -0.4 is 10.3 Å². The zero-order valence-corrected chi connectivity index (χ0v) is 13.7. The third-order valence-electron chi connectivity index (χ3n) is 3.57. The molecule has 23 heavy (non-hydrogen) atoms. The van der Waals surface area contributed by atoms with Crippen molar-refractivity contribution < 1.29 is 14.4 Å². The SMILES string of the molecule is CC(=O)CCc1cc(C)c(ONC(=O)c2ccccc2)c(C)c1. The van der Waals surface area contributed by atoms with E-state index in [0.717, 1.165) is 16.7 Å². The van der Waals surface area contributed by atoms with E-state index >= 15 is 0 Å². The summed E-state index contributed by atoms with van der Waals surface area (Å²) in [4.78, 5) is 28.6. The van der Waals surface area contributed by atoms with E-state index in [2.05, 4.69) is 5.48 Å².